The molecule has 0 heterocycles. The molecule has 0 saturated heterocycles. The molecule has 0 amide bonds. The molecule has 2 rings (SSSR count). The molecule has 0 unspecified atom stereocenters. The number of hydrogen-bond donors (Lipinski definition) is 0. The first kappa shape index (κ1) is 18.8. The molecular formula is C19H21F5. The van der Waals surface area contributed by atoms with E-state index in [-0.39, 0.29) is 5.92 Å². The molecule has 1 fully saturated rings. The van der Waals surface area contributed by atoms with Gasteiger partial charge in [0.05, 0.1) is 0 Å². The summed E-state index contributed by atoms with van der Waals surface area (Å²) >= 11 is 0. The quantitative estimate of drug-likeness (QED) is 0.446. The van der Waals surface area contributed by atoms with Crippen LogP contribution < -0.4 is 0 Å². The van der Waals surface area contributed by atoms with Gasteiger partial charge in [0.25, 0.3) is 0 Å². The lowest BCUT2D eigenvalue weighted by atomic mass is 9.80. The molecule has 1 saturated carbocycles. The van der Waals surface area contributed by atoms with Crippen molar-refractivity contribution in [2.24, 2.45) is 11.8 Å². The minimum atomic E-state index is -5.59. The predicted molar refractivity (Wildman–Crippen MR) is 83.6 cm³/mol. The van der Waals surface area contributed by atoms with Gasteiger partial charge >= 0.3 is 12.1 Å². The first-order valence-corrected chi connectivity index (χ1v) is 8.30. The first-order valence-electron chi connectivity index (χ1n) is 8.30. The van der Waals surface area contributed by atoms with E-state index < -0.39 is 17.7 Å². The van der Waals surface area contributed by atoms with E-state index in [0.29, 0.717) is 5.56 Å². The fourth-order valence-electron chi connectivity index (χ4n) is 3.12. The van der Waals surface area contributed by atoms with Crippen molar-refractivity contribution in [1.29, 1.82) is 0 Å². The van der Waals surface area contributed by atoms with Crippen molar-refractivity contribution in [3.8, 4) is 11.8 Å². The summed E-state index contributed by atoms with van der Waals surface area (Å²) in [5.74, 6) is 2.26. The Morgan fingerprint density at radius 1 is 0.958 bits per heavy atom. The normalized spacial score (nSPS) is 21.9. The Labute approximate surface area is 139 Å². The molecule has 0 radical (unpaired) electrons. The largest absolute Gasteiger partial charge is 0.458 e. The molecule has 0 N–H and O–H groups in total. The molecule has 0 bridgehead atoms. The SMILES string of the molecule is CCCC1CCC(C#Cc2ccc(C(F)(F)C(F)(F)F)cc2)CC1. The van der Waals surface area contributed by atoms with Crippen LogP contribution in [0.25, 0.3) is 0 Å². The van der Waals surface area contributed by atoms with E-state index >= 15 is 0 Å². The van der Waals surface area contributed by atoms with Gasteiger partial charge in [-0.1, -0.05) is 43.7 Å². The van der Waals surface area contributed by atoms with Crippen molar-refractivity contribution in [2.75, 3.05) is 0 Å². The van der Waals surface area contributed by atoms with Crippen molar-refractivity contribution in [3.63, 3.8) is 0 Å². The average Bonchev–Trinajstić information content (AvgIpc) is 2.54. The number of hydrogen-bond acceptors (Lipinski definition) is 0. The van der Waals surface area contributed by atoms with Gasteiger partial charge < -0.3 is 0 Å². The second-order valence-corrected chi connectivity index (χ2v) is 6.43. The van der Waals surface area contributed by atoms with Crippen LogP contribution in [-0.4, -0.2) is 6.18 Å². The summed E-state index contributed by atoms with van der Waals surface area (Å²) in [4.78, 5) is 0. The summed E-state index contributed by atoms with van der Waals surface area (Å²) in [5, 5.41) is 0. The third kappa shape index (κ3) is 4.49. The van der Waals surface area contributed by atoms with E-state index in [0.717, 1.165) is 43.7 Å². The lowest BCUT2D eigenvalue weighted by Gasteiger charge is -2.25. The molecule has 1 aliphatic carbocycles. The molecule has 0 nitrogen and oxygen atoms in total. The number of alkyl halides is 5. The monoisotopic (exact) mass is 344 g/mol. The molecular weight excluding hydrogens is 323 g/mol. The highest BCUT2D eigenvalue weighted by molar-refractivity contribution is 5.38. The molecule has 132 valence electrons. The Hall–Kier alpha value is -1.57. The van der Waals surface area contributed by atoms with Crippen LogP contribution in [-0.2, 0) is 5.92 Å². The number of rotatable bonds is 3. The van der Waals surface area contributed by atoms with E-state index in [2.05, 4.69) is 18.8 Å². The van der Waals surface area contributed by atoms with E-state index in [4.69, 9.17) is 0 Å². The van der Waals surface area contributed by atoms with E-state index in [1.54, 1.807) is 0 Å². The molecule has 0 aromatic heterocycles. The van der Waals surface area contributed by atoms with Crippen LogP contribution in [0.15, 0.2) is 24.3 Å². The Morgan fingerprint density at radius 3 is 2.04 bits per heavy atom. The van der Waals surface area contributed by atoms with Crippen LogP contribution in [0.5, 0.6) is 0 Å². The number of benzene rings is 1. The lowest BCUT2D eigenvalue weighted by Crippen LogP contribution is -2.33. The third-order valence-corrected chi connectivity index (χ3v) is 4.57. The summed E-state index contributed by atoms with van der Waals surface area (Å²) in [5.41, 5.74) is -0.590. The van der Waals surface area contributed by atoms with Gasteiger partial charge in [0.2, 0.25) is 0 Å². The van der Waals surface area contributed by atoms with Crippen molar-refractivity contribution >= 4 is 0 Å². The van der Waals surface area contributed by atoms with Crippen LogP contribution in [0.2, 0.25) is 0 Å². The summed E-state index contributed by atoms with van der Waals surface area (Å²) in [7, 11) is 0. The Balaban J connectivity index is 1.99. The second-order valence-electron chi connectivity index (χ2n) is 6.43. The smallest absolute Gasteiger partial charge is 0.191 e. The minimum Gasteiger partial charge on any atom is -0.191 e. The summed E-state index contributed by atoms with van der Waals surface area (Å²) in [6.45, 7) is 2.18. The molecule has 0 aliphatic heterocycles. The van der Waals surface area contributed by atoms with Crippen LogP contribution in [0.4, 0.5) is 22.0 Å². The fourth-order valence-corrected chi connectivity index (χ4v) is 3.12. The highest BCUT2D eigenvalue weighted by Gasteiger charge is 2.58. The van der Waals surface area contributed by atoms with Crippen molar-refractivity contribution in [3.05, 3.63) is 35.4 Å². The van der Waals surface area contributed by atoms with Gasteiger partial charge in [0.15, 0.2) is 0 Å². The molecule has 0 atom stereocenters. The summed E-state index contributed by atoms with van der Waals surface area (Å²) in [6, 6.07) is 4.06. The van der Waals surface area contributed by atoms with E-state index in [1.807, 2.05) is 0 Å². The highest BCUT2D eigenvalue weighted by atomic mass is 19.4. The van der Waals surface area contributed by atoms with E-state index in [9.17, 15) is 22.0 Å². The van der Waals surface area contributed by atoms with Crippen molar-refractivity contribution in [1.82, 2.24) is 0 Å². The zero-order valence-electron chi connectivity index (χ0n) is 13.6. The average molecular weight is 344 g/mol. The zero-order valence-corrected chi connectivity index (χ0v) is 13.6. The topological polar surface area (TPSA) is 0 Å². The molecule has 0 spiro atoms. The van der Waals surface area contributed by atoms with Crippen molar-refractivity contribution < 1.29 is 22.0 Å². The van der Waals surface area contributed by atoms with Crippen molar-refractivity contribution in [2.45, 2.75) is 57.5 Å². The zero-order chi connectivity index (χ0) is 17.8. The standard InChI is InChI=1S/C19H21F5/c1-2-3-14-4-6-15(7-5-14)8-9-16-10-12-17(13-11-16)18(20,21)19(22,23)24/h10-15H,2-7H2,1H3. The molecule has 1 aromatic rings. The number of halogens is 5. The van der Waals surface area contributed by atoms with Gasteiger partial charge in [-0.3, -0.25) is 0 Å². The van der Waals surface area contributed by atoms with Crippen LogP contribution in [0.1, 0.15) is 56.6 Å². The Morgan fingerprint density at radius 2 is 1.54 bits per heavy atom. The first-order chi connectivity index (χ1) is 11.2. The lowest BCUT2D eigenvalue weighted by molar-refractivity contribution is -0.289. The molecule has 5 heteroatoms. The van der Waals surface area contributed by atoms with Gasteiger partial charge in [-0.15, -0.1) is 0 Å². The molecule has 1 aromatic carbocycles. The molecule has 24 heavy (non-hydrogen) atoms. The van der Waals surface area contributed by atoms with Gasteiger partial charge in [-0.2, -0.15) is 22.0 Å². The van der Waals surface area contributed by atoms with Crippen LogP contribution in [0.3, 0.4) is 0 Å². The molecule has 1 aliphatic rings. The summed E-state index contributed by atoms with van der Waals surface area (Å²) < 4.78 is 63.4. The second kappa shape index (κ2) is 7.55. The summed E-state index contributed by atoms with van der Waals surface area (Å²) in [6.07, 6.45) is 1.22. The van der Waals surface area contributed by atoms with Gasteiger partial charge in [-0.25, -0.2) is 0 Å². The van der Waals surface area contributed by atoms with Gasteiger partial charge in [-0.05, 0) is 43.7 Å². The maximum Gasteiger partial charge on any atom is 0.458 e. The Kier molecular flexibility index (Phi) is 5.90. The van der Waals surface area contributed by atoms with Crippen LogP contribution >= 0.6 is 0 Å². The van der Waals surface area contributed by atoms with Gasteiger partial charge in [0.1, 0.15) is 0 Å². The third-order valence-electron chi connectivity index (χ3n) is 4.57. The minimum absolute atomic E-state index is 0.286. The van der Waals surface area contributed by atoms with Gasteiger partial charge in [0, 0.05) is 17.0 Å². The maximum absolute atomic E-state index is 13.2. The fraction of sp³-hybridized carbons (Fsp3) is 0.579. The highest BCUT2D eigenvalue weighted by Crippen LogP contribution is 2.43. The predicted octanol–water partition coefficient (Wildman–Crippen LogP) is 6.30. The van der Waals surface area contributed by atoms with E-state index in [1.165, 1.54) is 25.0 Å². The Bertz CT molecular complexity index is 581. The maximum atomic E-state index is 13.2. The van der Waals surface area contributed by atoms with Crippen LogP contribution in [0, 0.1) is 23.7 Å².